The number of likely N-dealkylation sites (tertiary alicyclic amines) is 1. The highest BCUT2D eigenvalue weighted by Gasteiger charge is 2.35. The van der Waals surface area contributed by atoms with Gasteiger partial charge in [0, 0.05) is 44.3 Å². The van der Waals surface area contributed by atoms with Crippen molar-refractivity contribution in [1.29, 1.82) is 0 Å². The van der Waals surface area contributed by atoms with Crippen LogP contribution < -0.4 is 11.1 Å². The van der Waals surface area contributed by atoms with E-state index in [4.69, 9.17) is 28.9 Å². The highest BCUT2D eigenvalue weighted by Crippen LogP contribution is 2.31. The van der Waals surface area contributed by atoms with Crippen molar-refractivity contribution in [2.24, 2.45) is 5.73 Å². The maximum atomic E-state index is 13.7. The van der Waals surface area contributed by atoms with Crippen LogP contribution in [0.2, 0.25) is 10.0 Å². The predicted molar refractivity (Wildman–Crippen MR) is 174 cm³/mol. The Kier molecular flexibility index (Phi) is 10.3. The monoisotopic (exact) mass is 635 g/mol. The highest BCUT2D eigenvalue weighted by molar-refractivity contribution is 6.42. The quantitative estimate of drug-likeness (QED) is 0.384. The van der Waals surface area contributed by atoms with E-state index in [9.17, 15) is 14.4 Å². The summed E-state index contributed by atoms with van der Waals surface area (Å²) in [7, 11) is 0. The van der Waals surface area contributed by atoms with Gasteiger partial charge >= 0.3 is 0 Å². The smallest absolute Gasteiger partial charge is 0.254 e. The van der Waals surface area contributed by atoms with Gasteiger partial charge in [0.1, 0.15) is 6.04 Å². The van der Waals surface area contributed by atoms with Crippen LogP contribution in [0.5, 0.6) is 0 Å². The molecular weight excluding hydrogens is 597 g/mol. The number of nitrogens with two attached hydrogens (primary N) is 1. The zero-order chi connectivity index (χ0) is 31.4. The zero-order valence-electron chi connectivity index (χ0n) is 25.1. The molecule has 2 saturated heterocycles. The molecule has 10 heteroatoms. The topological polar surface area (TPSA) is 99.0 Å². The second-order valence-electron chi connectivity index (χ2n) is 11.8. The summed E-state index contributed by atoms with van der Waals surface area (Å²) in [5, 5.41) is 4.25. The van der Waals surface area contributed by atoms with Crippen molar-refractivity contribution in [2.75, 3.05) is 39.3 Å². The number of aryl methyl sites for hydroxylation is 2. The lowest BCUT2D eigenvalue weighted by molar-refractivity contribution is -0.136. The van der Waals surface area contributed by atoms with Crippen molar-refractivity contribution in [1.82, 2.24) is 20.0 Å². The molecule has 0 bridgehead atoms. The van der Waals surface area contributed by atoms with Crippen LogP contribution in [0.4, 0.5) is 0 Å². The van der Waals surface area contributed by atoms with E-state index < -0.39 is 6.04 Å². The lowest BCUT2D eigenvalue weighted by Crippen LogP contribution is -2.55. The third-order valence-corrected chi connectivity index (χ3v) is 9.30. The normalized spacial score (nSPS) is 18.3. The van der Waals surface area contributed by atoms with Gasteiger partial charge in [0.2, 0.25) is 11.8 Å². The minimum atomic E-state index is -0.680. The molecule has 0 spiro atoms. The first-order valence-corrected chi connectivity index (χ1v) is 15.8. The molecule has 0 aromatic heterocycles. The average molecular weight is 637 g/mol. The fourth-order valence-electron chi connectivity index (χ4n) is 6.19. The van der Waals surface area contributed by atoms with E-state index >= 15 is 0 Å². The van der Waals surface area contributed by atoms with Crippen molar-refractivity contribution in [3.63, 3.8) is 0 Å². The summed E-state index contributed by atoms with van der Waals surface area (Å²) in [6.07, 6.45) is 1.46. The number of rotatable bonds is 7. The van der Waals surface area contributed by atoms with Crippen LogP contribution in [0.15, 0.2) is 66.7 Å². The van der Waals surface area contributed by atoms with E-state index in [-0.39, 0.29) is 36.3 Å². The van der Waals surface area contributed by atoms with Gasteiger partial charge in [-0.05, 0) is 62.1 Å². The standard InChI is InChI=1S/C34H39Cl2N5O3/c1-22-16-23(2)18-26(17-22)33(43)40-14-15-41(30(21-40)25-8-9-28(35)29(36)19-25)31(42)20-38-27-10-12-39(13-11-27)34(44)32(37)24-6-4-3-5-7-24/h3-9,16-19,27,30,32,38H,10-15,20-21,37H2,1-2H3/t30-,32-/m0/s1. The average Bonchev–Trinajstić information content (AvgIpc) is 3.03. The Balaban J connectivity index is 1.21. The van der Waals surface area contributed by atoms with Crippen LogP contribution in [0, 0.1) is 13.8 Å². The Labute approximate surface area is 269 Å². The number of piperazine rings is 1. The van der Waals surface area contributed by atoms with Crippen LogP contribution in [0.3, 0.4) is 0 Å². The molecule has 5 rings (SSSR count). The number of hydrogen-bond donors (Lipinski definition) is 2. The minimum Gasteiger partial charge on any atom is -0.341 e. The Morgan fingerprint density at radius 3 is 2.20 bits per heavy atom. The summed E-state index contributed by atoms with van der Waals surface area (Å²) >= 11 is 12.6. The maximum absolute atomic E-state index is 13.7. The molecule has 3 amide bonds. The van der Waals surface area contributed by atoms with Crippen LogP contribution in [0.25, 0.3) is 0 Å². The van der Waals surface area contributed by atoms with Crippen LogP contribution in [-0.2, 0) is 9.59 Å². The summed E-state index contributed by atoms with van der Waals surface area (Å²) in [6.45, 7) is 6.44. The van der Waals surface area contributed by atoms with Crippen molar-refractivity contribution in [3.05, 3.63) is 105 Å². The Morgan fingerprint density at radius 2 is 1.55 bits per heavy atom. The summed E-state index contributed by atoms with van der Waals surface area (Å²) in [5.74, 6) is -0.187. The highest BCUT2D eigenvalue weighted by atomic mass is 35.5. The van der Waals surface area contributed by atoms with E-state index in [1.54, 1.807) is 12.1 Å². The van der Waals surface area contributed by atoms with Crippen LogP contribution in [-0.4, -0.2) is 77.7 Å². The molecule has 0 saturated carbocycles. The van der Waals surface area contributed by atoms with Gasteiger partial charge in [0.05, 0.1) is 22.6 Å². The number of hydrogen-bond acceptors (Lipinski definition) is 5. The molecule has 232 valence electrons. The van der Waals surface area contributed by atoms with Gasteiger partial charge in [-0.3, -0.25) is 14.4 Å². The Morgan fingerprint density at radius 1 is 0.864 bits per heavy atom. The number of amides is 3. The Hall–Kier alpha value is -3.43. The van der Waals surface area contributed by atoms with Gasteiger partial charge in [0.15, 0.2) is 0 Å². The molecule has 0 radical (unpaired) electrons. The van der Waals surface area contributed by atoms with E-state index in [1.807, 2.05) is 83.1 Å². The van der Waals surface area contributed by atoms with E-state index in [1.165, 1.54) is 0 Å². The number of piperidine rings is 1. The van der Waals surface area contributed by atoms with Crippen molar-refractivity contribution in [3.8, 4) is 0 Å². The lowest BCUT2D eigenvalue weighted by atomic mass is 10.00. The molecule has 0 aliphatic carbocycles. The summed E-state index contributed by atoms with van der Waals surface area (Å²) in [5.41, 5.74) is 10.6. The van der Waals surface area contributed by atoms with Crippen molar-refractivity contribution >= 4 is 40.9 Å². The number of carbonyl (C=O) groups excluding carboxylic acids is 3. The molecule has 3 aromatic carbocycles. The molecule has 0 unspecified atom stereocenters. The first-order valence-electron chi connectivity index (χ1n) is 15.1. The third-order valence-electron chi connectivity index (χ3n) is 8.56. The molecule has 44 heavy (non-hydrogen) atoms. The number of nitrogens with zero attached hydrogens (tertiary/aromatic N) is 3. The largest absolute Gasteiger partial charge is 0.341 e. The first-order chi connectivity index (χ1) is 21.1. The van der Waals surface area contributed by atoms with Gasteiger partial charge in [-0.25, -0.2) is 0 Å². The second kappa shape index (κ2) is 14.1. The zero-order valence-corrected chi connectivity index (χ0v) is 26.7. The summed E-state index contributed by atoms with van der Waals surface area (Å²) in [4.78, 5) is 45.6. The number of carbonyl (C=O) groups is 3. The van der Waals surface area contributed by atoms with Crippen LogP contribution in [0.1, 0.15) is 57.5 Å². The molecule has 2 aliphatic rings. The van der Waals surface area contributed by atoms with Gasteiger partial charge in [0.25, 0.3) is 5.91 Å². The van der Waals surface area contributed by atoms with Crippen LogP contribution >= 0.6 is 23.2 Å². The first kappa shape index (κ1) is 32.0. The summed E-state index contributed by atoms with van der Waals surface area (Å²) < 4.78 is 0. The number of nitrogens with one attached hydrogen (secondary N) is 1. The minimum absolute atomic E-state index is 0.0517. The molecule has 8 nitrogen and oxygen atoms in total. The molecular formula is C34H39Cl2N5O3. The fourth-order valence-corrected chi connectivity index (χ4v) is 6.49. The Bertz CT molecular complexity index is 1490. The van der Waals surface area contributed by atoms with Gasteiger partial charge in [-0.15, -0.1) is 0 Å². The lowest BCUT2D eigenvalue weighted by Gasteiger charge is -2.42. The number of benzene rings is 3. The van der Waals surface area contributed by atoms with E-state index in [2.05, 4.69) is 5.32 Å². The molecule has 2 atom stereocenters. The predicted octanol–water partition coefficient (Wildman–Crippen LogP) is 4.92. The van der Waals surface area contributed by atoms with Gasteiger partial charge in [-0.1, -0.05) is 76.8 Å². The maximum Gasteiger partial charge on any atom is 0.254 e. The van der Waals surface area contributed by atoms with E-state index in [0.29, 0.717) is 48.3 Å². The van der Waals surface area contributed by atoms with Gasteiger partial charge in [-0.2, -0.15) is 0 Å². The second-order valence-corrected chi connectivity index (χ2v) is 12.6. The van der Waals surface area contributed by atoms with Crippen molar-refractivity contribution in [2.45, 2.75) is 44.8 Å². The molecule has 3 N–H and O–H groups in total. The van der Waals surface area contributed by atoms with Gasteiger partial charge < -0.3 is 25.8 Å². The fraction of sp³-hybridized carbons (Fsp3) is 0.382. The van der Waals surface area contributed by atoms with Crippen molar-refractivity contribution < 1.29 is 14.4 Å². The SMILES string of the molecule is Cc1cc(C)cc(C(=O)N2CCN(C(=O)CNC3CCN(C(=O)[C@@H](N)c4ccccc4)CC3)[C@H](c3ccc(Cl)c(Cl)c3)C2)c1. The van der Waals surface area contributed by atoms with E-state index in [0.717, 1.165) is 35.1 Å². The molecule has 2 heterocycles. The summed E-state index contributed by atoms with van der Waals surface area (Å²) in [6, 6.07) is 19.7. The molecule has 2 fully saturated rings. The molecule has 2 aliphatic heterocycles. The number of halogens is 2. The third kappa shape index (κ3) is 7.44. The molecule has 3 aromatic rings.